The molecule has 0 aliphatic carbocycles. The van der Waals surface area contributed by atoms with Crippen LogP contribution in [0.3, 0.4) is 0 Å². The lowest BCUT2D eigenvalue weighted by Gasteiger charge is -2.11. The molecule has 0 saturated heterocycles. The van der Waals surface area contributed by atoms with Gasteiger partial charge in [-0.05, 0) is 20.3 Å². The maximum Gasteiger partial charge on any atom is 0.347 e. The van der Waals surface area contributed by atoms with Crippen molar-refractivity contribution in [2.45, 2.75) is 33.3 Å². The monoisotopic (exact) mass is 244 g/mol. The van der Waals surface area contributed by atoms with Crippen LogP contribution in [0, 0.1) is 0 Å². The Bertz CT molecular complexity index is 260. The summed E-state index contributed by atoms with van der Waals surface area (Å²) in [4.78, 5) is 22.4. The highest BCUT2D eigenvalue weighted by Gasteiger charge is 2.17. The van der Waals surface area contributed by atoms with Gasteiger partial charge in [0.25, 0.3) is 0 Å². The van der Waals surface area contributed by atoms with Crippen molar-refractivity contribution in [3.05, 3.63) is 12.2 Å². The van der Waals surface area contributed by atoms with E-state index in [0.29, 0.717) is 13.2 Å². The Hall–Kier alpha value is -1.36. The maximum atomic E-state index is 11.3. The molecular weight excluding hydrogens is 224 g/mol. The predicted molar refractivity (Wildman–Crippen MR) is 62.4 cm³/mol. The molecule has 5 nitrogen and oxygen atoms in total. The molecular formula is C12H20O5. The Morgan fingerprint density at radius 1 is 1.24 bits per heavy atom. The van der Waals surface area contributed by atoms with Gasteiger partial charge in [0.15, 0.2) is 6.10 Å². The second-order valence-electron chi connectivity index (χ2n) is 3.36. The number of carbonyl (C=O) groups excluding carboxylic acids is 2. The first-order valence-corrected chi connectivity index (χ1v) is 5.69. The summed E-state index contributed by atoms with van der Waals surface area (Å²) >= 11 is 0. The molecule has 0 spiro atoms. The summed E-state index contributed by atoms with van der Waals surface area (Å²) in [6.07, 6.45) is 2.81. The molecule has 0 fully saturated rings. The van der Waals surface area contributed by atoms with Gasteiger partial charge in [-0.1, -0.05) is 13.0 Å². The zero-order valence-electron chi connectivity index (χ0n) is 10.6. The molecule has 17 heavy (non-hydrogen) atoms. The molecule has 98 valence electrons. The number of allylic oxidation sites excluding steroid dienone is 1. The van der Waals surface area contributed by atoms with Crippen LogP contribution in [0.25, 0.3) is 0 Å². The van der Waals surface area contributed by atoms with E-state index in [1.807, 2.05) is 6.92 Å². The number of carbonyl (C=O) groups is 2. The fourth-order valence-electron chi connectivity index (χ4n) is 0.963. The first-order valence-electron chi connectivity index (χ1n) is 5.69. The zero-order chi connectivity index (χ0) is 13.1. The Balaban J connectivity index is 3.71. The minimum atomic E-state index is -0.898. The van der Waals surface area contributed by atoms with E-state index >= 15 is 0 Å². The van der Waals surface area contributed by atoms with Gasteiger partial charge in [0.2, 0.25) is 0 Å². The van der Waals surface area contributed by atoms with E-state index in [-0.39, 0.29) is 6.61 Å². The van der Waals surface area contributed by atoms with Gasteiger partial charge < -0.3 is 14.2 Å². The highest BCUT2D eigenvalue weighted by atomic mass is 16.6. The lowest BCUT2D eigenvalue weighted by molar-refractivity contribution is -0.164. The SMILES string of the molecule is C/C=C/C(=O)OC(C)C(=O)OCCOCCC. The van der Waals surface area contributed by atoms with E-state index in [0.717, 1.165) is 6.42 Å². The maximum absolute atomic E-state index is 11.3. The number of ether oxygens (including phenoxy) is 3. The molecule has 0 N–H and O–H groups in total. The predicted octanol–water partition coefficient (Wildman–Crippen LogP) is 1.46. The number of hydrogen-bond acceptors (Lipinski definition) is 5. The minimum absolute atomic E-state index is 0.171. The lowest BCUT2D eigenvalue weighted by atomic mass is 10.4. The van der Waals surface area contributed by atoms with E-state index in [4.69, 9.17) is 14.2 Å². The lowest BCUT2D eigenvalue weighted by Crippen LogP contribution is -2.26. The van der Waals surface area contributed by atoms with Crippen molar-refractivity contribution < 1.29 is 23.8 Å². The minimum Gasteiger partial charge on any atom is -0.461 e. The Morgan fingerprint density at radius 2 is 1.94 bits per heavy atom. The normalized spacial score (nSPS) is 12.4. The van der Waals surface area contributed by atoms with Crippen LogP contribution in [0.2, 0.25) is 0 Å². The summed E-state index contributed by atoms with van der Waals surface area (Å²) in [5.74, 6) is -1.12. The summed E-state index contributed by atoms with van der Waals surface area (Å²) in [7, 11) is 0. The van der Waals surface area contributed by atoms with E-state index in [2.05, 4.69) is 0 Å². The standard InChI is InChI=1S/C12H20O5/c1-4-6-11(13)17-10(3)12(14)16-9-8-15-7-5-2/h4,6,10H,5,7-9H2,1-3H3/b6-4+. The van der Waals surface area contributed by atoms with Crippen LogP contribution in [0.15, 0.2) is 12.2 Å². The molecule has 0 aromatic rings. The molecule has 0 aromatic carbocycles. The van der Waals surface area contributed by atoms with Gasteiger partial charge in [0.1, 0.15) is 6.61 Å². The fraction of sp³-hybridized carbons (Fsp3) is 0.667. The van der Waals surface area contributed by atoms with Gasteiger partial charge in [0.05, 0.1) is 6.61 Å². The molecule has 1 unspecified atom stereocenters. The van der Waals surface area contributed by atoms with Crippen molar-refractivity contribution in [2.24, 2.45) is 0 Å². The van der Waals surface area contributed by atoms with Crippen LogP contribution in [-0.4, -0.2) is 37.9 Å². The molecule has 5 heteroatoms. The van der Waals surface area contributed by atoms with Crippen LogP contribution in [0.4, 0.5) is 0 Å². The molecule has 0 rings (SSSR count). The van der Waals surface area contributed by atoms with Crippen molar-refractivity contribution in [1.82, 2.24) is 0 Å². The van der Waals surface area contributed by atoms with Gasteiger partial charge in [-0.2, -0.15) is 0 Å². The molecule has 1 atom stereocenters. The van der Waals surface area contributed by atoms with E-state index in [9.17, 15) is 9.59 Å². The third-order valence-corrected chi connectivity index (χ3v) is 1.75. The van der Waals surface area contributed by atoms with Crippen LogP contribution < -0.4 is 0 Å². The summed E-state index contributed by atoms with van der Waals surface area (Å²) < 4.78 is 14.8. The highest BCUT2D eigenvalue weighted by Crippen LogP contribution is 1.96. The largest absolute Gasteiger partial charge is 0.461 e. The van der Waals surface area contributed by atoms with Crippen molar-refractivity contribution in [3.63, 3.8) is 0 Å². The Morgan fingerprint density at radius 3 is 2.53 bits per heavy atom. The quantitative estimate of drug-likeness (QED) is 0.367. The second-order valence-corrected chi connectivity index (χ2v) is 3.36. The summed E-state index contributed by atoms with van der Waals surface area (Å²) in [5.41, 5.74) is 0. The van der Waals surface area contributed by atoms with Gasteiger partial charge in [-0.3, -0.25) is 0 Å². The van der Waals surface area contributed by atoms with Crippen LogP contribution >= 0.6 is 0 Å². The number of hydrogen-bond donors (Lipinski definition) is 0. The third-order valence-electron chi connectivity index (χ3n) is 1.75. The van der Waals surface area contributed by atoms with Crippen molar-refractivity contribution in [2.75, 3.05) is 19.8 Å². The molecule has 0 aromatic heterocycles. The average Bonchev–Trinajstić information content (AvgIpc) is 2.28. The van der Waals surface area contributed by atoms with Gasteiger partial charge >= 0.3 is 11.9 Å². The molecule has 0 aliphatic heterocycles. The Labute approximate surface area is 102 Å². The van der Waals surface area contributed by atoms with Gasteiger partial charge in [0, 0.05) is 12.7 Å². The van der Waals surface area contributed by atoms with Crippen LogP contribution in [0.5, 0.6) is 0 Å². The second kappa shape index (κ2) is 9.84. The first-order chi connectivity index (χ1) is 8.11. The molecule has 0 amide bonds. The van der Waals surface area contributed by atoms with Gasteiger partial charge in [-0.15, -0.1) is 0 Å². The summed E-state index contributed by atoms with van der Waals surface area (Å²) in [6, 6.07) is 0. The molecule has 0 saturated carbocycles. The van der Waals surface area contributed by atoms with Crippen LogP contribution in [-0.2, 0) is 23.8 Å². The smallest absolute Gasteiger partial charge is 0.347 e. The van der Waals surface area contributed by atoms with Crippen molar-refractivity contribution in [1.29, 1.82) is 0 Å². The molecule has 0 bridgehead atoms. The average molecular weight is 244 g/mol. The fourth-order valence-corrected chi connectivity index (χ4v) is 0.963. The molecule has 0 aliphatic rings. The summed E-state index contributed by atoms with van der Waals surface area (Å²) in [6.45, 7) is 6.32. The topological polar surface area (TPSA) is 61.8 Å². The number of esters is 2. The summed E-state index contributed by atoms with van der Waals surface area (Å²) in [5, 5.41) is 0. The van der Waals surface area contributed by atoms with E-state index in [1.54, 1.807) is 13.0 Å². The number of rotatable bonds is 8. The Kier molecular flexibility index (Phi) is 9.05. The highest BCUT2D eigenvalue weighted by molar-refractivity contribution is 5.85. The van der Waals surface area contributed by atoms with E-state index < -0.39 is 18.0 Å². The van der Waals surface area contributed by atoms with Gasteiger partial charge in [-0.25, -0.2) is 9.59 Å². The molecule has 0 radical (unpaired) electrons. The molecule has 0 heterocycles. The van der Waals surface area contributed by atoms with Crippen molar-refractivity contribution >= 4 is 11.9 Å². The van der Waals surface area contributed by atoms with Crippen molar-refractivity contribution in [3.8, 4) is 0 Å². The zero-order valence-corrected chi connectivity index (χ0v) is 10.6. The van der Waals surface area contributed by atoms with Crippen LogP contribution in [0.1, 0.15) is 27.2 Å². The third kappa shape index (κ3) is 8.45. The van der Waals surface area contributed by atoms with E-state index in [1.165, 1.54) is 13.0 Å². The first kappa shape index (κ1) is 15.6.